The summed E-state index contributed by atoms with van der Waals surface area (Å²) in [6.07, 6.45) is 6.02. The van der Waals surface area contributed by atoms with Gasteiger partial charge in [-0.15, -0.1) is 0 Å². The van der Waals surface area contributed by atoms with Gasteiger partial charge in [0.15, 0.2) is 0 Å². The van der Waals surface area contributed by atoms with Crippen molar-refractivity contribution >= 4 is 23.5 Å². The van der Waals surface area contributed by atoms with Gasteiger partial charge < -0.3 is 10.0 Å². The van der Waals surface area contributed by atoms with Crippen LogP contribution in [0.2, 0.25) is 5.02 Å². The minimum Gasteiger partial charge on any atom is -0.481 e. The summed E-state index contributed by atoms with van der Waals surface area (Å²) in [5, 5.41) is 9.37. The van der Waals surface area contributed by atoms with E-state index in [0.29, 0.717) is 24.3 Å². The largest absolute Gasteiger partial charge is 0.481 e. The second-order valence-corrected chi connectivity index (χ2v) is 6.54. The molecule has 0 radical (unpaired) electrons. The average molecular weight is 338 g/mol. The summed E-state index contributed by atoms with van der Waals surface area (Å²) in [7, 11) is 0. The van der Waals surface area contributed by atoms with E-state index < -0.39 is 5.97 Å². The minimum atomic E-state index is -0.800. The number of aliphatic carboxylic acids is 1. The van der Waals surface area contributed by atoms with E-state index in [-0.39, 0.29) is 18.4 Å². The summed E-state index contributed by atoms with van der Waals surface area (Å²) in [5.74, 6) is -0.663. The van der Waals surface area contributed by atoms with Gasteiger partial charge in [0.05, 0.1) is 6.04 Å². The molecule has 1 fully saturated rings. The van der Waals surface area contributed by atoms with Crippen LogP contribution in [0.4, 0.5) is 0 Å². The number of carbonyl (C=O) groups is 2. The third-order valence-electron chi connectivity index (χ3n) is 4.36. The van der Waals surface area contributed by atoms with E-state index >= 15 is 0 Å². The van der Waals surface area contributed by atoms with Crippen molar-refractivity contribution in [2.24, 2.45) is 0 Å². The molecule has 1 amide bonds. The maximum absolute atomic E-state index is 12.6. The highest BCUT2D eigenvalue weighted by atomic mass is 35.5. The van der Waals surface area contributed by atoms with E-state index in [1.807, 2.05) is 29.2 Å². The maximum atomic E-state index is 12.6. The van der Waals surface area contributed by atoms with E-state index in [0.717, 1.165) is 37.8 Å². The number of hydrogen-bond donors (Lipinski definition) is 1. The Bertz CT molecular complexity index is 530. The molecule has 0 bridgehead atoms. The lowest BCUT2D eigenvalue weighted by atomic mass is 10.0. The standard InChI is InChI=1S/C18H24ClNO3/c19-15-11-9-14(10-12-15)16-6-2-1-5-13-20(16)17(21)7-3-4-8-18(22)23/h9-12,16H,1-8,13H2,(H,22,23). The first-order valence-electron chi connectivity index (χ1n) is 8.34. The van der Waals surface area contributed by atoms with Crippen LogP contribution in [0.1, 0.15) is 63.0 Å². The summed E-state index contributed by atoms with van der Waals surface area (Å²) < 4.78 is 0. The van der Waals surface area contributed by atoms with Gasteiger partial charge in [-0.25, -0.2) is 0 Å². The number of amides is 1. The summed E-state index contributed by atoms with van der Waals surface area (Å²) >= 11 is 5.96. The van der Waals surface area contributed by atoms with Gasteiger partial charge in [-0.3, -0.25) is 9.59 Å². The molecule has 5 heteroatoms. The number of nitrogens with zero attached hydrogens (tertiary/aromatic N) is 1. The fourth-order valence-corrected chi connectivity index (χ4v) is 3.26. The summed E-state index contributed by atoms with van der Waals surface area (Å²) in [6, 6.07) is 7.86. The second kappa shape index (κ2) is 8.92. The molecule has 0 aliphatic carbocycles. The van der Waals surface area contributed by atoms with Gasteiger partial charge in [0, 0.05) is 24.4 Å². The molecule has 1 aromatic rings. The normalized spacial score (nSPS) is 18.5. The number of halogens is 1. The number of carbonyl (C=O) groups excluding carboxylic acids is 1. The van der Waals surface area contributed by atoms with Crippen molar-refractivity contribution in [3.05, 3.63) is 34.9 Å². The first kappa shape index (κ1) is 17.8. The lowest BCUT2D eigenvalue weighted by molar-refractivity contribution is -0.138. The zero-order valence-corrected chi connectivity index (χ0v) is 14.1. The lowest BCUT2D eigenvalue weighted by Crippen LogP contribution is -2.34. The van der Waals surface area contributed by atoms with Gasteiger partial charge in [-0.2, -0.15) is 0 Å². The van der Waals surface area contributed by atoms with Crippen LogP contribution in [0.5, 0.6) is 0 Å². The first-order chi connectivity index (χ1) is 11.1. The molecular formula is C18H24ClNO3. The maximum Gasteiger partial charge on any atom is 0.303 e. The summed E-state index contributed by atoms with van der Waals surface area (Å²) in [6.45, 7) is 0.783. The SMILES string of the molecule is O=C(O)CCCCC(=O)N1CCCCCC1c1ccc(Cl)cc1. The Balaban J connectivity index is 2.01. The third-order valence-corrected chi connectivity index (χ3v) is 4.61. The summed E-state index contributed by atoms with van der Waals surface area (Å²) in [4.78, 5) is 25.1. The Hall–Kier alpha value is -1.55. The highest BCUT2D eigenvalue weighted by Gasteiger charge is 2.26. The van der Waals surface area contributed by atoms with Crippen LogP contribution in [0, 0.1) is 0 Å². The van der Waals surface area contributed by atoms with Crippen molar-refractivity contribution in [1.29, 1.82) is 0 Å². The Morgan fingerprint density at radius 1 is 1.09 bits per heavy atom. The molecule has 1 unspecified atom stereocenters. The number of carboxylic acids is 1. The molecule has 1 aromatic carbocycles. The van der Waals surface area contributed by atoms with Crippen LogP contribution < -0.4 is 0 Å². The van der Waals surface area contributed by atoms with Crippen molar-refractivity contribution < 1.29 is 14.7 Å². The van der Waals surface area contributed by atoms with Crippen LogP contribution >= 0.6 is 11.6 Å². The number of benzene rings is 1. The number of rotatable bonds is 6. The van der Waals surface area contributed by atoms with Gasteiger partial charge in [0.1, 0.15) is 0 Å². The Labute approximate surface area is 142 Å². The Kier molecular flexibility index (Phi) is 6.90. The zero-order valence-electron chi connectivity index (χ0n) is 13.3. The van der Waals surface area contributed by atoms with Crippen molar-refractivity contribution in [3.63, 3.8) is 0 Å². The molecule has 0 aromatic heterocycles. The molecule has 0 spiro atoms. The average Bonchev–Trinajstić information content (AvgIpc) is 2.78. The van der Waals surface area contributed by atoms with E-state index in [9.17, 15) is 9.59 Å². The van der Waals surface area contributed by atoms with Crippen LogP contribution in [-0.4, -0.2) is 28.4 Å². The monoisotopic (exact) mass is 337 g/mol. The van der Waals surface area contributed by atoms with E-state index in [1.165, 1.54) is 0 Å². The van der Waals surface area contributed by atoms with Crippen LogP contribution in [-0.2, 0) is 9.59 Å². The second-order valence-electron chi connectivity index (χ2n) is 6.10. The van der Waals surface area contributed by atoms with Crippen molar-refractivity contribution in [2.75, 3.05) is 6.54 Å². The van der Waals surface area contributed by atoms with Crippen LogP contribution in [0.25, 0.3) is 0 Å². The molecule has 23 heavy (non-hydrogen) atoms. The van der Waals surface area contributed by atoms with Gasteiger partial charge in [0.25, 0.3) is 0 Å². The smallest absolute Gasteiger partial charge is 0.303 e. The molecule has 1 heterocycles. The Morgan fingerprint density at radius 2 is 1.78 bits per heavy atom. The van der Waals surface area contributed by atoms with Crippen LogP contribution in [0.3, 0.4) is 0 Å². The number of carboxylic acid groups (broad SMARTS) is 1. The van der Waals surface area contributed by atoms with Gasteiger partial charge in [-0.1, -0.05) is 36.6 Å². The topological polar surface area (TPSA) is 57.6 Å². The van der Waals surface area contributed by atoms with E-state index in [2.05, 4.69) is 0 Å². The zero-order chi connectivity index (χ0) is 16.7. The van der Waals surface area contributed by atoms with E-state index in [4.69, 9.17) is 16.7 Å². The Morgan fingerprint density at radius 3 is 2.48 bits per heavy atom. The van der Waals surface area contributed by atoms with Crippen LogP contribution in [0.15, 0.2) is 24.3 Å². The predicted molar refractivity (Wildman–Crippen MR) is 90.5 cm³/mol. The highest BCUT2D eigenvalue weighted by Crippen LogP contribution is 2.31. The summed E-state index contributed by atoms with van der Waals surface area (Å²) in [5.41, 5.74) is 1.13. The predicted octanol–water partition coefficient (Wildman–Crippen LogP) is 4.43. The lowest BCUT2D eigenvalue weighted by Gasteiger charge is -2.30. The molecule has 126 valence electrons. The number of hydrogen-bond acceptors (Lipinski definition) is 2. The molecule has 2 rings (SSSR count). The number of likely N-dealkylation sites (tertiary alicyclic amines) is 1. The molecule has 1 aliphatic heterocycles. The van der Waals surface area contributed by atoms with Crippen molar-refractivity contribution in [3.8, 4) is 0 Å². The van der Waals surface area contributed by atoms with Gasteiger partial charge in [-0.05, 0) is 43.4 Å². The van der Waals surface area contributed by atoms with Crippen molar-refractivity contribution in [1.82, 2.24) is 4.90 Å². The molecule has 0 saturated carbocycles. The van der Waals surface area contributed by atoms with Gasteiger partial charge >= 0.3 is 5.97 Å². The molecule has 1 atom stereocenters. The molecule has 1 aliphatic rings. The highest BCUT2D eigenvalue weighted by molar-refractivity contribution is 6.30. The van der Waals surface area contributed by atoms with Gasteiger partial charge in [0.2, 0.25) is 5.91 Å². The number of unbranched alkanes of at least 4 members (excludes halogenated alkanes) is 1. The first-order valence-corrected chi connectivity index (χ1v) is 8.72. The molecule has 4 nitrogen and oxygen atoms in total. The fourth-order valence-electron chi connectivity index (χ4n) is 3.13. The molecular weight excluding hydrogens is 314 g/mol. The van der Waals surface area contributed by atoms with Crippen molar-refractivity contribution in [2.45, 2.75) is 57.4 Å². The molecule has 1 saturated heterocycles. The minimum absolute atomic E-state index is 0.113. The quantitative estimate of drug-likeness (QED) is 0.781. The fraction of sp³-hybridized carbons (Fsp3) is 0.556. The molecule has 1 N–H and O–H groups in total. The van der Waals surface area contributed by atoms with E-state index in [1.54, 1.807) is 0 Å². The third kappa shape index (κ3) is 5.54.